The molecule has 1 aliphatic rings. The number of nitrogens with zero attached hydrogens (tertiary/aromatic N) is 1. The van der Waals surface area contributed by atoms with Gasteiger partial charge in [0.15, 0.2) is 0 Å². The van der Waals surface area contributed by atoms with Gasteiger partial charge >= 0.3 is 5.97 Å². The maximum atomic E-state index is 12.2. The molecule has 20 heavy (non-hydrogen) atoms. The number of aliphatic carboxylic acids is 1. The molecule has 108 valence electrons. The lowest BCUT2D eigenvalue weighted by Crippen LogP contribution is -2.39. The first-order valence-corrected chi connectivity index (χ1v) is 6.73. The summed E-state index contributed by atoms with van der Waals surface area (Å²) in [6.07, 6.45) is 0.504. The fourth-order valence-electron chi connectivity index (χ4n) is 2.21. The number of carboxylic acids is 1. The van der Waals surface area contributed by atoms with Crippen molar-refractivity contribution in [3.8, 4) is 5.75 Å². The third kappa shape index (κ3) is 3.42. The van der Waals surface area contributed by atoms with Crippen molar-refractivity contribution in [2.45, 2.75) is 12.8 Å². The molecular weight excluding hydrogens is 282 g/mol. The normalized spacial score (nSPS) is 17.0. The molecule has 1 aromatic rings. The Kier molecular flexibility index (Phi) is 4.49. The van der Waals surface area contributed by atoms with Gasteiger partial charge in [-0.15, -0.1) is 0 Å². The van der Waals surface area contributed by atoms with Gasteiger partial charge in [-0.05, 0) is 30.2 Å². The number of halogens is 1. The number of rotatable bonds is 4. The predicted molar refractivity (Wildman–Crippen MR) is 74.0 cm³/mol. The molecule has 5 nitrogen and oxygen atoms in total. The second-order valence-corrected chi connectivity index (χ2v) is 5.30. The van der Waals surface area contributed by atoms with E-state index >= 15 is 0 Å². The number of hydrogen-bond donors (Lipinski definition) is 1. The summed E-state index contributed by atoms with van der Waals surface area (Å²) in [4.78, 5) is 24.2. The van der Waals surface area contributed by atoms with E-state index in [4.69, 9.17) is 21.4 Å². The first-order chi connectivity index (χ1) is 9.47. The Morgan fingerprint density at radius 1 is 1.50 bits per heavy atom. The van der Waals surface area contributed by atoms with Crippen molar-refractivity contribution >= 4 is 23.5 Å². The summed E-state index contributed by atoms with van der Waals surface area (Å²) in [7, 11) is 1.61. The first-order valence-electron chi connectivity index (χ1n) is 6.35. The summed E-state index contributed by atoms with van der Waals surface area (Å²) in [5.41, 5.74) is 0.911. The number of fused-ring (bicyclic) bond motifs is 1. The van der Waals surface area contributed by atoms with E-state index in [-0.39, 0.29) is 24.8 Å². The molecule has 2 rings (SSSR count). The van der Waals surface area contributed by atoms with Gasteiger partial charge in [0, 0.05) is 18.6 Å². The largest absolute Gasteiger partial charge is 0.492 e. The lowest BCUT2D eigenvalue weighted by atomic mass is 9.95. The molecule has 0 spiro atoms. The summed E-state index contributed by atoms with van der Waals surface area (Å²) in [5, 5.41) is 9.25. The van der Waals surface area contributed by atoms with Crippen molar-refractivity contribution in [1.82, 2.24) is 4.90 Å². The molecule has 0 fully saturated rings. The number of benzene rings is 1. The van der Waals surface area contributed by atoms with E-state index in [9.17, 15) is 9.59 Å². The van der Waals surface area contributed by atoms with Crippen molar-refractivity contribution in [2.24, 2.45) is 5.92 Å². The van der Waals surface area contributed by atoms with Gasteiger partial charge in [0.25, 0.3) is 0 Å². The highest BCUT2D eigenvalue weighted by molar-refractivity contribution is 6.30. The van der Waals surface area contributed by atoms with Gasteiger partial charge in [-0.1, -0.05) is 11.6 Å². The molecule has 0 unspecified atom stereocenters. The first kappa shape index (κ1) is 14.7. The lowest BCUT2D eigenvalue weighted by Gasteiger charge is -2.28. The molecular formula is C14H16ClNO4. The molecule has 0 aliphatic carbocycles. The van der Waals surface area contributed by atoms with Crippen LogP contribution in [0, 0.1) is 5.92 Å². The van der Waals surface area contributed by atoms with Gasteiger partial charge in [-0.2, -0.15) is 0 Å². The second kappa shape index (κ2) is 6.13. The molecule has 0 radical (unpaired) electrons. The van der Waals surface area contributed by atoms with Crippen LogP contribution < -0.4 is 4.74 Å². The fraction of sp³-hybridized carbons (Fsp3) is 0.429. The van der Waals surface area contributed by atoms with Crippen LogP contribution in [0.3, 0.4) is 0 Å². The van der Waals surface area contributed by atoms with Crippen molar-refractivity contribution in [2.75, 3.05) is 20.2 Å². The van der Waals surface area contributed by atoms with Crippen molar-refractivity contribution in [3.63, 3.8) is 0 Å². The molecule has 1 aliphatic heterocycles. The SMILES string of the molecule is CN(CCC(=O)O)C(=O)[C@H]1COc2ccc(Cl)cc2C1. The molecule has 0 saturated heterocycles. The van der Waals surface area contributed by atoms with Crippen molar-refractivity contribution < 1.29 is 19.4 Å². The third-order valence-electron chi connectivity index (χ3n) is 3.32. The van der Waals surface area contributed by atoms with Crippen molar-refractivity contribution in [3.05, 3.63) is 28.8 Å². The minimum absolute atomic E-state index is 0.0573. The maximum Gasteiger partial charge on any atom is 0.305 e. The number of carboxylic acid groups (broad SMARTS) is 1. The minimum atomic E-state index is -0.915. The van der Waals surface area contributed by atoms with E-state index in [2.05, 4.69) is 0 Å². The standard InChI is InChI=1S/C14H16ClNO4/c1-16(5-4-13(17)18)14(19)10-6-9-7-11(15)2-3-12(9)20-8-10/h2-3,7,10H,4-6,8H2,1H3,(H,17,18)/t10-/m1/s1. The van der Waals surface area contributed by atoms with Crippen LogP contribution in [0.15, 0.2) is 18.2 Å². The highest BCUT2D eigenvalue weighted by Gasteiger charge is 2.28. The van der Waals surface area contributed by atoms with Gasteiger partial charge in [0.05, 0.1) is 12.3 Å². The van der Waals surface area contributed by atoms with Gasteiger partial charge in [0.2, 0.25) is 5.91 Å². The van der Waals surface area contributed by atoms with E-state index in [1.807, 2.05) is 0 Å². The number of ether oxygens (including phenoxy) is 1. The van der Waals surface area contributed by atoms with Crippen LogP contribution >= 0.6 is 11.6 Å². The number of carbonyl (C=O) groups is 2. The van der Waals surface area contributed by atoms with Crippen LogP contribution in [0.2, 0.25) is 5.02 Å². The molecule has 0 bridgehead atoms. The van der Waals surface area contributed by atoms with E-state index in [0.29, 0.717) is 18.1 Å². The van der Waals surface area contributed by atoms with Gasteiger partial charge < -0.3 is 14.7 Å². The third-order valence-corrected chi connectivity index (χ3v) is 3.55. The topological polar surface area (TPSA) is 66.8 Å². The summed E-state index contributed by atoms with van der Waals surface area (Å²) in [5.74, 6) is -0.551. The lowest BCUT2D eigenvalue weighted by molar-refractivity contribution is -0.139. The highest BCUT2D eigenvalue weighted by atomic mass is 35.5. The molecule has 1 heterocycles. The summed E-state index contributed by atoms with van der Waals surface area (Å²) >= 11 is 5.93. The highest BCUT2D eigenvalue weighted by Crippen LogP contribution is 2.30. The van der Waals surface area contributed by atoms with E-state index in [1.165, 1.54) is 4.90 Å². The van der Waals surface area contributed by atoms with Crippen molar-refractivity contribution in [1.29, 1.82) is 0 Å². The maximum absolute atomic E-state index is 12.2. The van der Waals surface area contributed by atoms with Crippen LogP contribution in [-0.2, 0) is 16.0 Å². The molecule has 1 N–H and O–H groups in total. The summed E-state index contributed by atoms with van der Waals surface area (Å²) in [6, 6.07) is 5.35. The van der Waals surface area contributed by atoms with Crippen LogP contribution in [0.4, 0.5) is 0 Å². The smallest absolute Gasteiger partial charge is 0.305 e. The average Bonchev–Trinajstić information content (AvgIpc) is 2.43. The van der Waals surface area contributed by atoms with E-state index < -0.39 is 5.97 Å². The number of carbonyl (C=O) groups excluding carboxylic acids is 1. The molecule has 0 aromatic heterocycles. The quantitative estimate of drug-likeness (QED) is 0.920. The summed E-state index contributed by atoms with van der Waals surface area (Å²) < 4.78 is 5.57. The van der Waals surface area contributed by atoms with Gasteiger partial charge in [-0.25, -0.2) is 0 Å². The summed E-state index contributed by atoms with van der Waals surface area (Å²) in [6.45, 7) is 0.512. The van der Waals surface area contributed by atoms with Crippen LogP contribution in [0.1, 0.15) is 12.0 Å². The number of amides is 1. The Balaban J connectivity index is 2.01. The average molecular weight is 298 g/mol. The van der Waals surface area contributed by atoms with Gasteiger partial charge in [0.1, 0.15) is 12.4 Å². The molecule has 1 aromatic carbocycles. The Morgan fingerprint density at radius 2 is 2.25 bits per heavy atom. The zero-order valence-corrected chi connectivity index (χ0v) is 11.9. The Morgan fingerprint density at radius 3 is 2.95 bits per heavy atom. The monoisotopic (exact) mass is 297 g/mol. The van der Waals surface area contributed by atoms with Crippen LogP contribution in [0.25, 0.3) is 0 Å². The zero-order chi connectivity index (χ0) is 14.7. The Labute approximate surface area is 122 Å². The van der Waals surface area contributed by atoms with Crippen LogP contribution in [-0.4, -0.2) is 42.1 Å². The van der Waals surface area contributed by atoms with E-state index in [1.54, 1.807) is 25.2 Å². The predicted octanol–water partition coefficient (Wildman–Crippen LogP) is 1.82. The van der Waals surface area contributed by atoms with Gasteiger partial charge in [-0.3, -0.25) is 9.59 Å². The second-order valence-electron chi connectivity index (χ2n) is 4.87. The Hall–Kier alpha value is -1.75. The minimum Gasteiger partial charge on any atom is -0.492 e. The molecule has 6 heteroatoms. The molecule has 1 atom stereocenters. The molecule has 0 saturated carbocycles. The fourth-order valence-corrected chi connectivity index (χ4v) is 2.40. The molecule has 1 amide bonds. The van der Waals surface area contributed by atoms with Crippen LogP contribution in [0.5, 0.6) is 5.75 Å². The van der Waals surface area contributed by atoms with E-state index in [0.717, 1.165) is 11.3 Å². The number of hydrogen-bond acceptors (Lipinski definition) is 3. The zero-order valence-electron chi connectivity index (χ0n) is 11.1. The Bertz CT molecular complexity index is 532.